The van der Waals surface area contributed by atoms with Crippen molar-refractivity contribution in [3.8, 4) is 11.5 Å². The molecule has 1 amide bonds. The SMILES string of the molecule is CC(NCc1ccc2c(c1)OCO2)C(=O)Nc1cc(Cl)ccc1Cl. The number of fused-ring (bicyclic) bond motifs is 1. The van der Waals surface area contributed by atoms with Crippen molar-refractivity contribution in [3.63, 3.8) is 0 Å². The van der Waals surface area contributed by atoms with Gasteiger partial charge in [-0.15, -0.1) is 0 Å². The summed E-state index contributed by atoms with van der Waals surface area (Å²) in [4.78, 5) is 12.3. The van der Waals surface area contributed by atoms with Crippen LogP contribution < -0.4 is 20.1 Å². The minimum atomic E-state index is -0.412. The lowest BCUT2D eigenvalue weighted by Crippen LogP contribution is -2.37. The Morgan fingerprint density at radius 3 is 2.79 bits per heavy atom. The van der Waals surface area contributed by atoms with Gasteiger partial charge in [0.25, 0.3) is 0 Å². The molecule has 7 heteroatoms. The summed E-state index contributed by atoms with van der Waals surface area (Å²) >= 11 is 12.0. The van der Waals surface area contributed by atoms with Crippen LogP contribution >= 0.6 is 23.2 Å². The zero-order valence-corrected chi connectivity index (χ0v) is 14.4. The summed E-state index contributed by atoms with van der Waals surface area (Å²) in [6, 6.07) is 10.2. The number of carbonyl (C=O) groups excluding carboxylic acids is 1. The lowest BCUT2D eigenvalue weighted by Gasteiger charge is -2.15. The molecule has 0 saturated heterocycles. The van der Waals surface area contributed by atoms with Gasteiger partial charge in [-0.2, -0.15) is 0 Å². The Labute approximate surface area is 149 Å². The molecule has 1 atom stereocenters. The lowest BCUT2D eigenvalue weighted by atomic mass is 10.2. The number of halogens is 2. The monoisotopic (exact) mass is 366 g/mol. The average molecular weight is 367 g/mol. The Morgan fingerprint density at radius 1 is 1.17 bits per heavy atom. The largest absolute Gasteiger partial charge is 0.454 e. The summed E-state index contributed by atoms with van der Waals surface area (Å²) in [6.07, 6.45) is 0. The number of benzene rings is 2. The molecule has 1 heterocycles. The minimum absolute atomic E-state index is 0.195. The van der Waals surface area contributed by atoms with E-state index < -0.39 is 6.04 Å². The molecule has 24 heavy (non-hydrogen) atoms. The first kappa shape index (κ1) is 16.9. The molecule has 2 aromatic carbocycles. The van der Waals surface area contributed by atoms with Gasteiger partial charge in [-0.3, -0.25) is 4.79 Å². The molecule has 1 aliphatic rings. The molecule has 126 valence electrons. The third kappa shape index (κ3) is 3.93. The molecule has 1 unspecified atom stereocenters. The molecule has 0 bridgehead atoms. The maximum absolute atomic E-state index is 12.3. The summed E-state index contributed by atoms with van der Waals surface area (Å²) in [5.74, 6) is 1.26. The zero-order valence-electron chi connectivity index (χ0n) is 12.9. The lowest BCUT2D eigenvalue weighted by molar-refractivity contribution is -0.117. The molecule has 0 radical (unpaired) electrons. The molecular formula is C17H16Cl2N2O3. The van der Waals surface area contributed by atoms with Crippen LogP contribution in [0.15, 0.2) is 36.4 Å². The molecule has 0 fully saturated rings. The summed E-state index contributed by atoms with van der Waals surface area (Å²) in [5.41, 5.74) is 1.49. The van der Waals surface area contributed by atoms with Crippen molar-refractivity contribution in [2.24, 2.45) is 0 Å². The minimum Gasteiger partial charge on any atom is -0.454 e. The van der Waals surface area contributed by atoms with Crippen LogP contribution in [0, 0.1) is 0 Å². The number of amides is 1. The van der Waals surface area contributed by atoms with Crippen molar-refractivity contribution in [1.29, 1.82) is 0 Å². The number of hydrogen-bond donors (Lipinski definition) is 2. The molecule has 3 rings (SSSR count). The molecule has 2 N–H and O–H groups in total. The highest BCUT2D eigenvalue weighted by Gasteiger charge is 2.16. The van der Waals surface area contributed by atoms with Gasteiger partial charge in [-0.25, -0.2) is 0 Å². The van der Waals surface area contributed by atoms with Crippen LogP contribution in [-0.4, -0.2) is 18.7 Å². The molecule has 0 spiro atoms. The highest BCUT2D eigenvalue weighted by molar-refractivity contribution is 6.35. The summed E-state index contributed by atoms with van der Waals surface area (Å²) < 4.78 is 10.6. The molecule has 0 aliphatic carbocycles. The van der Waals surface area contributed by atoms with Crippen molar-refractivity contribution in [2.45, 2.75) is 19.5 Å². The Balaban J connectivity index is 1.57. The molecule has 2 aromatic rings. The standard InChI is InChI=1S/C17H16Cl2N2O3/c1-10(17(22)21-14-7-12(18)3-4-13(14)19)20-8-11-2-5-15-16(6-11)24-9-23-15/h2-7,10,20H,8-9H2,1H3,(H,21,22). The molecule has 0 aromatic heterocycles. The number of hydrogen-bond acceptors (Lipinski definition) is 4. The number of carbonyl (C=O) groups is 1. The van der Waals surface area contributed by atoms with Gasteiger partial charge in [0.05, 0.1) is 16.8 Å². The molecular weight excluding hydrogens is 351 g/mol. The van der Waals surface area contributed by atoms with Gasteiger partial charge in [0, 0.05) is 11.6 Å². The Hall–Kier alpha value is -1.95. The van der Waals surface area contributed by atoms with Crippen LogP contribution in [0.25, 0.3) is 0 Å². The smallest absolute Gasteiger partial charge is 0.241 e. The average Bonchev–Trinajstić information content (AvgIpc) is 3.03. The summed E-state index contributed by atoms with van der Waals surface area (Å²) in [6.45, 7) is 2.54. The summed E-state index contributed by atoms with van der Waals surface area (Å²) in [5, 5.41) is 6.88. The number of anilines is 1. The normalized spacial score (nSPS) is 13.6. The van der Waals surface area contributed by atoms with Crippen LogP contribution in [0.5, 0.6) is 11.5 Å². The van der Waals surface area contributed by atoms with Crippen LogP contribution in [0.2, 0.25) is 10.0 Å². The second kappa shape index (κ2) is 7.30. The zero-order chi connectivity index (χ0) is 17.1. The van der Waals surface area contributed by atoms with Crippen LogP contribution in [0.3, 0.4) is 0 Å². The van der Waals surface area contributed by atoms with Crippen LogP contribution in [0.4, 0.5) is 5.69 Å². The van der Waals surface area contributed by atoms with E-state index in [1.807, 2.05) is 18.2 Å². The third-order valence-electron chi connectivity index (χ3n) is 3.63. The van der Waals surface area contributed by atoms with E-state index in [2.05, 4.69) is 10.6 Å². The van der Waals surface area contributed by atoms with Crippen LogP contribution in [0.1, 0.15) is 12.5 Å². The maximum Gasteiger partial charge on any atom is 0.241 e. The van der Waals surface area contributed by atoms with E-state index in [4.69, 9.17) is 32.7 Å². The quantitative estimate of drug-likeness (QED) is 0.843. The van der Waals surface area contributed by atoms with E-state index in [0.29, 0.717) is 22.3 Å². The van der Waals surface area contributed by atoms with Gasteiger partial charge in [0.1, 0.15) is 0 Å². The fourth-order valence-electron chi connectivity index (χ4n) is 2.25. The van der Waals surface area contributed by atoms with E-state index in [0.717, 1.165) is 17.1 Å². The van der Waals surface area contributed by atoms with Gasteiger partial charge in [0.2, 0.25) is 12.7 Å². The first-order valence-corrected chi connectivity index (χ1v) is 8.16. The van der Waals surface area contributed by atoms with Gasteiger partial charge < -0.3 is 20.1 Å². The van der Waals surface area contributed by atoms with E-state index >= 15 is 0 Å². The Morgan fingerprint density at radius 2 is 1.96 bits per heavy atom. The van der Waals surface area contributed by atoms with Gasteiger partial charge in [-0.1, -0.05) is 29.3 Å². The second-order valence-corrected chi connectivity index (χ2v) is 6.25. The van der Waals surface area contributed by atoms with E-state index in [1.165, 1.54) is 0 Å². The number of nitrogens with one attached hydrogen (secondary N) is 2. The highest BCUT2D eigenvalue weighted by atomic mass is 35.5. The predicted octanol–water partition coefficient (Wildman–Crippen LogP) is 3.84. The molecule has 5 nitrogen and oxygen atoms in total. The fraction of sp³-hybridized carbons (Fsp3) is 0.235. The van der Waals surface area contributed by atoms with Gasteiger partial charge in [-0.05, 0) is 42.8 Å². The summed E-state index contributed by atoms with van der Waals surface area (Å²) in [7, 11) is 0. The number of rotatable bonds is 5. The van der Waals surface area contributed by atoms with Crippen molar-refractivity contribution in [2.75, 3.05) is 12.1 Å². The van der Waals surface area contributed by atoms with Crippen molar-refractivity contribution < 1.29 is 14.3 Å². The topological polar surface area (TPSA) is 59.6 Å². The highest BCUT2D eigenvalue weighted by Crippen LogP contribution is 2.32. The van der Waals surface area contributed by atoms with Crippen molar-refractivity contribution in [1.82, 2.24) is 5.32 Å². The third-order valence-corrected chi connectivity index (χ3v) is 4.19. The predicted molar refractivity (Wildman–Crippen MR) is 94.0 cm³/mol. The maximum atomic E-state index is 12.3. The first-order chi connectivity index (χ1) is 11.5. The van der Waals surface area contributed by atoms with Crippen molar-refractivity contribution >= 4 is 34.8 Å². The fourth-order valence-corrected chi connectivity index (χ4v) is 2.59. The van der Waals surface area contributed by atoms with E-state index in [1.54, 1.807) is 25.1 Å². The second-order valence-electron chi connectivity index (χ2n) is 5.40. The Bertz CT molecular complexity index is 767. The van der Waals surface area contributed by atoms with E-state index in [-0.39, 0.29) is 12.7 Å². The van der Waals surface area contributed by atoms with Gasteiger partial charge in [0.15, 0.2) is 11.5 Å². The van der Waals surface area contributed by atoms with Gasteiger partial charge >= 0.3 is 0 Å². The van der Waals surface area contributed by atoms with Crippen LogP contribution in [-0.2, 0) is 11.3 Å². The Kier molecular flexibility index (Phi) is 5.14. The number of ether oxygens (including phenoxy) is 2. The molecule has 0 saturated carbocycles. The first-order valence-electron chi connectivity index (χ1n) is 7.41. The van der Waals surface area contributed by atoms with Crippen molar-refractivity contribution in [3.05, 3.63) is 52.0 Å². The molecule has 1 aliphatic heterocycles. The van der Waals surface area contributed by atoms with E-state index in [9.17, 15) is 4.79 Å².